The summed E-state index contributed by atoms with van der Waals surface area (Å²) in [6.07, 6.45) is 12.9. The zero-order valence-electron chi connectivity index (χ0n) is 19.7. The van der Waals surface area contributed by atoms with Crippen molar-refractivity contribution in [1.82, 2.24) is 20.3 Å². The van der Waals surface area contributed by atoms with E-state index < -0.39 is 0 Å². The van der Waals surface area contributed by atoms with Crippen LogP contribution < -0.4 is 5.32 Å². The second-order valence-corrected chi connectivity index (χ2v) is 9.26. The molecule has 2 aromatic heterocycles. The summed E-state index contributed by atoms with van der Waals surface area (Å²) in [7, 11) is 0. The second kappa shape index (κ2) is 10.3. The average Bonchev–Trinajstić information content (AvgIpc) is 2.87. The van der Waals surface area contributed by atoms with E-state index in [2.05, 4.69) is 21.4 Å². The third kappa shape index (κ3) is 5.24. The van der Waals surface area contributed by atoms with Crippen LogP contribution in [0.25, 0.3) is 17.2 Å². The normalized spacial score (nSPS) is 23.4. The zero-order valence-corrected chi connectivity index (χ0v) is 19.7. The maximum atomic E-state index is 13.6. The summed E-state index contributed by atoms with van der Waals surface area (Å²) in [4.78, 5) is 25.8. The zero-order chi connectivity index (χ0) is 24.2. The number of carbonyl (C=O) groups is 1. The Morgan fingerprint density at radius 3 is 2.83 bits per heavy atom. The molecule has 0 aliphatic heterocycles. The summed E-state index contributed by atoms with van der Waals surface area (Å²) in [6, 6.07) is 10.6. The average molecular weight is 473 g/mol. The first-order valence-electron chi connectivity index (χ1n) is 12.2. The number of benzene rings is 1. The molecule has 0 unspecified atom stereocenters. The molecule has 2 aliphatic rings. The number of aromatic nitrogens is 3. The minimum Gasteiger partial charge on any atom is -0.450 e. The number of hydrogen-bond acceptors (Lipinski definition) is 5. The number of rotatable bonds is 5. The number of carbonyl (C=O) groups excluding carboxylic acids is 1. The Hall–Kier alpha value is -3.61. The van der Waals surface area contributed by atoms with Crippen molar-refractivity contribution in [2.45, 2.75) is 44.6 Å². The van der Waals surface area contributed by atoms with Gasteiger partial charge in [-0.05, 0) is 74.3 Å². The highest BCUT2D eigenvalue weighted by molar-refractivity contribution is 5.67. The lowest BCUT2D eigenvalue weighted by molar-refractivity contribution is 0.128. The Kier molecular flexibility index (Phi) is 6.84. The fourth-order valence-electron chi connectivity index (χ4n) is 5.51. The molecule has 0 bridgehead atoms. The fourth-order valence-corrected chi connectivity index (χ4v) is 5.51. The monoisotopic (exact) mass is 472 g/mol. The summed E-state index contributed by atoms with van der Waals surface area (Å²) >= 11 is 0. The van der Waals surface area contributed by atoms with E-state index >= 15 is 0 Å². The van der Waals surface area contributed by atoms with Crippen LogP contribution in [0.15, 0.2) is 61.1 Å². The Balaban J connectivity index is 1.34. The molecule has 3 aromatic rings. The summed E-state index contributed by atoms with van der Waals surface area (Å²) in [5.41, 5.74) is 4.60. The molecule has 6 nitrogen and oxygen atoms in total. The quantitative estimate of drug-likeness (QED) is 0.526. The third-order valence-electron chi connectivity index (χ3n) is 7.10. The predicted molar refractivity (Wildman–Crippen MR) is 132 cm³/mol. The molecule has 0 saturated heterocycles. The molecule has 1 N–H and O–H groups in total. The Morgan fingerprint density at radius 2 is 2.03 bits per heavy atom. The van der Waals surface area contributed by atoms with Crippen molar-refractivity contribution in [2.75, 3.05) is 6.61 Å². The number of hydrogen-bond donors (Lipinski definition) is 1. The van der Waals surface area contributed by atoms with Crippen LogP contribution in [0, 0.1) is 17.7 Å². The lowest BCUT2D eigenvalue weighted by Crippen LogP contribution is -2.44. The molecular formula is C28H29FN4O2. The van der Waals surface area contributed by atoms with Crippen molar-refractivity contribution < 1.29 is 13.9 Å². The van der Waals surface area contributed by atoms with Crippen molar-refractivity contribution >= 4 is 12.2 Å². The van der Waals surface area contributed by atoms with E-state index in [0.29, 0.717) is 18.4 Å². The Bertz CT molecular complexity index is 1210. The first-order valence-corrected chi connectivity index (χ1v) is 12.2. The van der Waals surface area contributed by atoms with Crippen LogP contribution in [0.4, 0.5) is 9.18 Å². The Morgan fingerprint density at radius 1 is 1.14 bits per heavy atom. The van der Waals surface area contributed by atoms with Crippen molar-refractivity contribution in [3.63, 3.8) is 0 Å². The van der Waals surface area contributed by atoms with Gasteiger partial charge in [0.05, 0.1) is 23.7 Å². The number of halogens is 1. The van der Waals surface area contributed by atoms with E-state index in [9.17, 15) is 9.18 Å². The molecule has 1 amide bonds. The SMILES string of the molecule is CCOC(=O)N[C@@H]1CC[C@@H]2[C@H](Cc3nccnc3[C@H]2C=Cc2ccc(-c3cccc(F)c3)cn2)C1. The number of allylic oxidation sites excluding steroid dienone is 1. The molecule has 180 valence electrons. The van der Waals surface area contributed by atoms with Gasteiger partial charge in [0.2, 0.25) is 0 Å². The van der Waals surface area contributed by atoms with Gasteiger partial charge in [0.15, 0.2) is 0 Å². The van der Waals surface area contributed by atoms with Gasteiger partial charge in [-0.1, -0.05) is 24.3 Å². The molecule has 35 heavy (non-hydrogen) atoms. The molecule has 1 fully saturated rings. The van der Waals surface area contributed by atoms with Crippen molar-refractivity contribution in [3.8, 4) is 11.1 Å². The molecule has 2 aliphatic carbocycles. The number of ether oxygens (including phenoxy) is 1. The molecule has 1 aromatic carbocycles. The molecule has 2 heterocycles. The lowest BCUT2D eigenvalue weighted by Gasteiger charge is -2.43. The fraction of sp³-hybridized carbons (Fsp3) is 0.357. The van der Waals surface area contributed by atoms with Crippen LogP contribution in [0.5, 0.6) is 0 Å². The first-order chi connectivity index (χ1) is 17.1. The van der Waals surface area contributed by atoms with E-state index in [0.717, 1.165) is 53.9 Å². The van der Waals surface area contributed by atoms with Crippen LogP contribution in [-0.4, -0.2) is 33.7 Å². The summed E-state index contributed by atoms with van der Waals surface area (Å²) in [6.45, 7) is 2.19. The van der Waals surface area contributed by atoms with Gasteiger partial charge in [-0.2, -0.15) is 0 Å². The highest BCUT2D eigenvalue weighted by Crippen LogP contribution is 2.46. The minimum absolute atomic E-state index is 0.121. The summed E-state index contributed by atoms with van der Waals surface area (Å²) in [5.74, 6) is 0.732. The molecular weight excluding hydrogens is 443 g/mol. The maximum absolute atomic E-state index is 13.6. The highest BCUT2D eigenvalue weighted by atomic mass is 19.1. The van der Waals surface area contributed by atoms with Crippen LogP contribution >= 0.6 is 0 Å². The largest absolute Gasteiger partial charge is 0.450 e. The van der Waals surface area contributed by atoms with Crippen molar-refractivity contribution in [2.24, 2.45) is 11.8 Å². The van der Waals surface area contributed by atoms with Crippen LogP contribution in [0.3, 0.4) is 0 Å². The number of amides is 1. The molecule has 1 saturated carbocycles. The van der Waals surface area contributed by atoms with E-state index in [1.165, 1.54) is 12.1 Å². The lowest BCUT2D eigenvalue weighted by atomic mass is 9.64. The number of pyridine rings is 1. The second-order valence-electron chi connectivity index (χ2n) is 9.26. The van der Waals surface area contributed by atoms with Gasteiger partial charge in [-0.25, -0.2) is 9.18 Å². The molecule has 0 spiro atoms. The van der Waals surface area contributed by atoms with Gasteiger partial charge < -0.3 is 10.1 Å². The van der Waals surface area contributed by atoms with Gasteiger partial charge in [0.1, 0.15) is 5.82 Å². The maximum Gasteiger partial charge on any atom is 0.407 e. The van der Waals surface area contributed by atoms with Crippen LogP contribution in [-0.2, 0) is 11.2 Å². The molecule has 7 heteroatoms. The number of nitrogens with zero attached hydrogens (tertiary/aromatic N) is 3. The third-order valence-corrected chi connectivity index (χ3v) is 7.10. The summed E-state index contributed by atoms with van der Waals surface area (Å²) in [5, 5.41) is 3.02. The standard InChI is InChI=1S/C28H29FN4O2/c1-2-35-28(34)33-23-9-10-24-20(15-23)16-26-27(31-13-12-30-26)25(24)11-8-22-7-6-19(17-32-22)18-4-3-5-21(29)14-18/h3-8,11-14,17,20,23-25H,2,9-10,15-16H2,1H3,(H,33,34)/t20-,23+,24+,25-/m0/s1. The Labute approximate surface area is 204 Å². The smallest absolute Gasteiger partial charge is 0.407 e. The first kappa shape index (κ1) is 23.1. The number of nitrogens with one attached hydrogen (secondary N) is 1. The van der Waals surface area contributed by atoms with Crippen LogP contribution in [0.1, 0.15) is 49.2 Å². The minimum atomic E-state index is -0.337. The van der Waals surface area contributed by atoms with E-state index in [-0.39, 0.29) is 23.9 Å². The van der Waals surface area contributed by atoms with Crippen molar-refractivity contribution in [3.05, 3.63) is 84.0 Å². The van der Waals surface area contributed by atoms with E-state index in [4.69, 9.17) is 9.72 Å². The van der Waals surface area contributed by atoms with E-state index in [1.54, 1.807) is 24.7 Å². The predicted octanol–water partition coefficient (Wildman–Crippen LogP) is 5.56. The molecule has 4 atom stereocenters. The topological polar surface area (TPSA) is 77.0 Å². The molecule has 5 rings (SSSR count). The summed E-state index contributed by atoms with van der Waals surface area (Å²) < 4.78 is 18.6. The van der Waals surface area contributed by atoms with Gasteiger partial charge in [-0.3, -0.25) is 15.0 Å². The van der Waals surface area contributed by atoms with Gasteiger partial charge in [-0.15, -0.1) is 0 Å². The van der Waals surface area contributed by atoms with Gasteiger partial charge >= 0.3 is 6.09 Å². The highest BCUT2D eigenvalue weighted by Gasteiger charge is 2.41. The van der Waals surface area contributed by atoms with E-state index in [1.807, 2.05) is 31.2 Å². The van der Waals surface area contributed by atoms with Crippen LogP contribution in [0.2, 0.25) is 0 Å². The van der Waals surface area contributed by atoms with Gasteiger partial charge in [0, 0.05) is 36.1 Å². The van der Waals surface area contributed by atoms with Gasteiger partial charge in [0.25, 0.3) is 0 Å². The molecule has 0 radical (unpaired) electrons. The van der Waals surface area contributed by atoms with Crippen molar-refractivity contribution in [1.29, 1.82) is 0 Å². The number of fused-ring (bicyclic) bond motifs is 2. The number of alkyl carbamates (subject to hydrolysis) is 1.